The Morgan fingerprint density at radius 1 is 1.30 bits per heavy atom. The zero-order valence-electron chi connectivity index (χ0n) is 11.1. The van der Waals surface area contributed by atoms with Gasteiger partial charge < -0.3 is 9.91 Å². The molecule has 0 atom stereocenters. The SMILES string of the molecule is CN1CCN(n2c(CCl)nc3cc(I)c(F)cc32)CC1. The maximum absolute atomic E-state index is 13.9. The van der Waals surface area contributed by atoms with Gasteiger partial charge in [0.1, 0.15) is 11.6 Å². The molecule has 2 heterocycles. The van der Waals surface area contributed by atoms with Crippen molar-refractivity contribution in [2.75, 3.05) is 38.2 Å². The van der Waals surface area contributed by atoms with Crippen LogP contribution in [0.4, 0.5) is 4.39 Å². The third kappa shape index (κ3) is 2.48. The molecule has 0 unspecified atom stereocenters. The normalized spacial score (nSPS) is 17.1. The summed E-state index contributed by atoms with van der Waals surface area (Å²) in [7, 11) is 2.11. The molecule has 20 heavy (non-hydrogen) atoms. The van der Waals surface area contributed by atoms with E-state index in [1.165, 1.54) is 0 Å². The topological polar surface area (TPSA) is 24.3 Å². The van der Waals surface area contributed by atoms with E-state index in [0.717, 1.165) is 43.0 Å². The van der Waals surface area contributed by atoms with E-state index in [1.54, 1.807) is 12.1 Å². The fourth-order valence-corrected chi connectivity index (χ4v) is 3.13. The van der Waals surface area contributed by atoms with Crippen molar-refractivity contribution in [1.82, 2.24) is 14.6 Å². The Hall–Kier alpha value is -0.600. The summed E-state index contributed by atoms with van der Waals surface area (Å²) in [5, 5.41) is 2.19. The molecule has 1 aromatic heterocycles. The first-order chi connectivity index (χ1) is 9.60. The lowest BCUT2D eigenvalue weighted by molar-refractivity contribution is 0.288. The number of aromatic nitrogens is 2. The van der Waals surface area contributed by atoms with Gasteiger partial charge in [-0.1, -0.05) is 0 Å². The van der Waals surface area contributed by atoms with Crippen molar-refractivity contribution in [2.45, 2.75) is 5.88 Å². The molecule has 7 heteroatoms. The molecule has 0 bridgehead atoms. The Kier molecular flexibility index (Phi) is 4.05. The van der Waals surface area contributed by atoms with Crippen LogP contribution in [0.15, 0.2) is 12.1 Å². The average Bonchev–Trinajstić information content (AvgIpc) is 2.78. The predicted molar refractivity (Wildman–Crippen MR) is 87.4 cm³/mol. The van der Waals surface area contributed by atoms with Crippen LogP contribution in [-0.4, -0.2) is 47.8 Å². The molecular weight excluding hydrogens is 394 g/mol. The number of halogens is 3. The van der Waals surface area contributed by atoms with E-state index in [2.05, 4.69) is 21.9 Å². The fraction of sp³-hybridized carbons (Fsp3) is 0.462. The Morgan fingerprint density at radius 2 is 2.00 bits per heavy atom. The van der Waals surface area contributed by atoms with Gasteiger partial charge in [-0.25, -0.2) is 14.1 Å². The van der Waals surface area contributed by atoms with E-state index in [9.17, 15) is 4.39 Å². The Morgan fingerprint density at radius 3 is 2.65 bits per heavy atom. The molecule has 2 aromatic rings. The molecule has 0 saturated carbocycles. The quantitative estimate of drug-likeness (QED) is 0.563. The van der Waals surface area contributed by atoms with Crippen LogP contribution in [0.3, 0.4) is 0 Å². The van der Waals surface area contributed by atoms with Gasteiger partial charge in [-0.05, 0) is 35.7 Å². The summed E-state index contributed by atoms with van der Waals surface area (Å²) in [6, 6.07) is 3.33. The van der Waals surface area contributed by atoms with Gasteiger partial charge in [0.25, 0.3) is 0 Å². The molecular formula is C13H15ClFIN4. The first-order valence-corrected chi connectivity index (χ1v) is 8.07. The molecule has 1 aliphatic rings. The Bertz CT molecular complexity index is 637. The zero-order valence-corrected chi connectivity index (χ0v) is 14.0. The van der Waals surface area contributed by atoms with Gasteiger partial charge in [-0.15, -0.1) is 11.6 Å². The van der Waals surface area contributed by atoms with Gasteiger partial charge in [-0.2, -0.15) is 0 Å². The van der Waals surface area contributed by atoms with Crippen molar-refractivity contribution in [3.63, 3.8) is 0 Å². The summed E-state index contributed by atoms with van der Waals surface area (Å²) in [5.41, 5.74) is 1.59. The number of likely N-dealkylation sites (N-methyl/N-ethyl adjacent to an activating group) is 1. The molecule has 1 aromatic carbocycles. The number of alkyl halides is 1. The monoisotopic (exact) mass is 408 g/mol. The molecule has 0 radical (unpaired) electrons. The number of piperazine rings is 1. The molecule has 0 spiro atoms. The second-order valence-corrected chi connectivity index (χ2v) is 6.41. The summed E-state index contributed by atoms with van der Waals surface area (Å²) in [6.07, 6.45) is 0. The fourth-order valence-electron chi connectivity index (χ4n) is 2.51. The van der Waals surface area contributed by atoms with Crippen molar-refractivity contribution in [3.8, 4) is 0 Å². The van der Waals surface area contributed by atoms with E-state index in [-0.39, 0.29) is 5.82 Å². The second-order valence-electron chi connectivity index (χ2n) is 4.99. The maximum atomic E-state index is 13.9. The summed E-state index contributed by atoms with van der Waals surface area (Å²) in [6.45, 7) is 3.74. The number of rotatable bonds is 2. The number of imidazole rings is 1. The van der Waals surface area contributed by atoms with Crippen molar-refractivity contribution < 1.29 is 4.39 Å². The van der Waals surface area contributed by atoms with Crippen molar-refractivity contribution >= 4 is 45.2 Å². The minimum Gasteiger partial charge on any atom is -0.308 e. The van der Waals surface area contributed by atoms with Crippen LogP contribution < -0.4 is 5.01 Å². The van der Waals surface area contributed by atoms with E-state index >= 15 is 0 Å². The van der Waals surface area contributed by atoms with Crippen LogP contribution in [0, 0.1) is 9.39 Å². The number of fused-ring (bicyclic) bond motifs is 1. The molecule has 3 rings (SSSR count). The minimum atomic E-state index is -0.213. The number of hydrogen-bond donors (Lipinski definition) is 0. The van der Waals surface area contributed by atoms with Crippen LogP contribution in [0.5, 0.6) is 0 Å². The smallest absolute Gasteiger partial charge is 0.143 e. The standard InChI is InChI=1S/C13H15ClFIN4/c1-18-2-4-19(5-3-18)20-12-6-9(15)10(16)7-11(12)17-13(20)8-14/h6-7H,2-5,8H2,1H3. The van der Waals surface area contributed by atoms with Crippen LogP contribution in [0.2, 0.25) is 0 Å². The van der Waals surface area contributed by atoms with Gasteiger partial charge in [0, 0.05) is 32.2 Å². The molecule has 4 nitrogen and oxygen atoms in total. The lowest BCUT2D eigenvalue weighted by Crippen LogP contribution is -2.50. The highest BCUT2D eigenvalue weighted by Crippen LogP contribution is 2.23. The molecule has 0 aliphatic carbocycles. The number of hydrogen-bond acceptors (Lipinski definition) is 3. The molecule has 0 amide bonds. The van der Waals surface area contributed by atoms with Gasteiger partial charge in [0.05, 0.1) is 20.5 Å². The highest BCUT2D eigenvalue weighted by atomic mass is 127. The third-order valence-corrected chi connectivity index (χ3v) is 4.69. The number of nitrogens with zero attached hydrogens (tertiary/aromatic N) is 4. The lowest BCUT2D eigenvalue weighted by Gasteiger charge is -2.35. The largest absolute Gasteiger partial charge is 0.308 e. The summed E-state index contributed by atoms with van der Waals surface area (Å²) >= 11 is 8.00. The zero-order chi connectivity index (χ0) is 14.3. The minimum absolute atomic E-state index is 0.213. The summed E-state index contributed by atoms with van der Waals surface area (Å²) in [5.74, 6) is 0.876. The average molecular weight is 409 g/mol. The van der Waals surface area contributed by atoms with E-state index in [0.29, 0.717) is 9.45 Å². The molecule has 108 valence electrons. The van der Waals surface area contributed by atoms with E-state index in [1.807, 2.05) is 27.3 Å². The molecule has 1 fully saturated rings. The first kappa shape index (κ1) is 14.3. The number of benzene rings is 1. The van der Waals surface area contributed by atoms with E-state index < -0.39 is 0 Å². The van der Waals surface area contributed by atoms with E-state index in [4.69, 9.17) is 11.6 Å². The third-order valence-electron chi connectivity index (χ3n) is 3.62. The van der Waals surface area contributed by atoms with Crippen molar-refractivity contribution in [1.29, 1.82) is 0 Å². The van der Waals surface area contributed by atoms with Crippen LogP contribution in [0.1, 0.15) is 5.82 Å². The summed E-state index contributed by atoms with van der Waals surface area (Å²) < 4.78 is 16.4. The van der Waals surface area contributed by atoms with Crippen molar-refractivity contribution in [2.24, 2.45) is 0 Å². The molecule has 1 saturated heterocycles. The van der Waals surface area contributed by atoms with Gasteiger partial charge in [-0.3, -0.25) is 0 Å². The first-order valence-electron chi connectivity index (χ1n) is 6.46. The predicted octanol–water partition coefficient (Wildman–Crippen LogP) is 2.40. The van der Waals surface area contributed by atoms with Gasteiger partial charge in [0.15, 0.2) is 0 Å². The van der Waals surface area contributed by atoms with Crippen LogP contribution in [0.25, 0.3) is 11.0 Å². The van der Waals surface area contributed by atoms with Gasteiger partial charge >= 0.3 is 0 Å². The lowest BCUT2D eigenvalue weighted by atomic mass is 10.3. The molecule has 0 N–H and O–H groups in total. The Balaban J connectivity index is 2.10. The Labute approximate surface area is 135 Å². The van der Waals surface area contributed by atoms with Crippen molar-refractivity contribution in [3.05, 3.63) is 27.3 Å². The highest BCUT2D eigenvalue weighted by molar-refractivity contribution is 14.1. The van der Waals surface area contributed by atoms with Crippen LogP contribution >= 0.6 is 34.2 Å². The second kappa shape index (κ2) is 5.65. The molecule has 1 aliphatic heterocycles. The summed E-state index contributed by atoms with van der Waals surface area (Å²) in [4.78, 5) is 6.81. The highest BCUT2D eigenvalue weighted by Gasteiger charge is 2.20. The van der Waals surface area contributed by atoms with Crippen LogP contribution in [-0.2, 0) is 5.88 Å². The maximum Gasteiger partial charge on any atom is 0.143 e. The van der Waals surface area contributed by atoms with Gasteiger partial charge in [0.2, 0.25) is 0 Å².